The zero-order chi connectivity index (χ0) is 17.8. The van der Waals surface area contributed by atoms with Gasteiger partial charge in [0.25, 0.3) is 0 Å². The Morgan fingerprint density at radius 3 is 2.32 bits per heavy atom. The van der Waals surface area contributed by atoms with E-state index in [4.69, 9.17) is 9.47 Å². The van der Waals surface area contributed by atoms with Gasteiger partial charge in [-0.25, -0.2) is 9.97 Å². The number of fused-ring (bicyclic) bond motifs is 1. The van der Waals surface area contributed by atoms with Crippen LogP contribution in [0.15, 0.2) is 48.5 Å². The molecule has 1 aromatic heterocycles. The predicted octanol–water partition coefficient (Wildman–Crippen LogP) is 3.85. The number of ether oxygens (including phenoxy) is 2. The van der Waals surface area contributed by atoms with Crippen LogP contribution in [0.1, 0.15) is 21.7 Å². The van der Waals surface area contributed by atoms with Crippen molar-refractivity contribution < 1.29 is 14.3 Å². The minimum Gasteiger partial charge on any atom is -0.493 e. The van der Waals surface area contributed by atoms with Gasteiger partial charge in [0.1, 0.15) is 5.69 Å². The fraction of sp³-hybridized carbons (Fsp3) is 0.150. The number of aromatic nitrogens is 2. The molecule has 0 aliphatic rings. The molecule has 1 heterocycles. The molecule has 126 valence electrons. The van der Waals surface area contributed by atoms with Crippen molar-refractivity contribution in [2.24, 2.45) is 0 Å². The Kier molecular flexibility index (Phi) is 4.75. The highest BCUT2D eigenvalue weighted by Crippen LogP contribution is 2.28. The molecular weight excluding hydrogens is 316 g/mol. The first-order chi connectivity index (χ1) is 12.1. The lowest BCUT2D eigenvalue weighted by Crippen LogP contribution is -2.04. The van der Waals surface area contributed by atoms with Crippen LogP contribution in [0.4, 0.5) is 0 Å². The molecule has 0 N–H and O–H groups in total. The van der Waals surface area contributed by atoms with Crippen LogP contribution in [0.5, 0.6) is 11.5 Å². The highest BCUT2D eigenvalue weighted by atomic mass is 16.5. The lowest BCUT2D eigenvalue weighted by atomic mass is 10.1. The minimum absolute atomic E-state index is 0.189. The van der Waals surface area contributed by atoms with Crippen molar-refractivity contribution >= 4 is 22.9 Å². The summed E-state index contributed by atoms with van der Waals surface area (Å²) in [5.74, 6) is 1.06. The SMILES string of the molecule is COc1ccc(/C=C/C(=O)c2nc3ccccc3nc2C)cc1OC. The van der Waals surface area contributed by atoms with Crippen LogP contribution in [0.3, 0.4) is 0 Å². The quantitative estimate of drug-likeness (QED) is 0.524. The Hall–Kier alpha value is -3.21. The van der Waals surface area contributed by atoms with Crippen molar-refractivity contribution in [3.8, 4) is 11.5 Å². The summed E-state index contributed by atoms with van der Waals surface area (Å²) < 4.78 is 10.5. The van der Waals surface area contributed by atoms with Gasteiger partial charge in [0.05, 0.1) is 30.9 Å². The van der Waals surface area contributed by atoms with Crippen LogP contribution < -0.4 is 9.47 Å². The highest BCUT2D eigenvalue weighted by molar-refractivity contribution is 6.07. The van der Waals surface area contributed by atoms with E-state index < -0.39 is 0 Å². The average molecular weight is 334 g/mol. The maximum Gasteiger partial charge on any atom is 0.206 e. The third-order valence-corrected chi connectivity index (χ3v) is 3.81. The van der Waals surface area contributed by atoms with Gasteiger partial charge in [-0.15, -0.1) is 0 Å². The molecular formula is C20H18N2O3. The number of carbonyl (C=O) groups is 1. The first-order valence-electron chi connectivity index (χ1n) is 7.80. The summed E-state index contributed by atoms with van der Waals surface area (Å²) in [6, 6.07) is 12.9. The van der Waals surface area contributed by atoms with E-state index >= 15 is 0 Å². The first-order valence-corrected chi connectivity index (χ1v) is 7.80. The number of benzene rings is 2. The third kappa shape index (κ3) is 3.50. The summed E-state index contributed by atoms with van der Waals surface area (Å²) in [6.45, 7) is 1.79. The molecule has 3 rings (SSSR count). The fourth-order valence-corrected chi connectivity index (χ4v) is 2.53. The Bertz CT molecular complexity index is 964. The molecule has 5 nitrogen and oxygen atoms in total. The van der Waals surface area contributed by atoms with Crippen LogP contribution in [-0.2, 0) is 0 Å². The van der Waals surface area contributed by atoms with Crippen molar-refractivity contribution in [3.63, 3.8) is 0 Å². The third-order valence-electron chi connectivity index (χ3n) is 3.81. The number of carbonyl (C=O) groups excluding carboxylic acids is 1. The summed E-state index contributed by atoms with van der Waals surface area (Å²) >= 11 is 0. The molecule has 0 saturated heterocycles. The summed E-state index contributed by atoms with van der Waals surface area (Å²) in [5.41, 5.74) is 3.28. The maximum absolute atomic E-state index is 12.5. The summed E-state index contributed by atoms with van der Waals surface area (Å²) in [6.07, 6.45) is 3.22. The smallest absolute Gasteiger partial charge is 0.206 e. The van der Waals surface area contributed by atoms with E-state index in [1.165, 1.54) is 6.08 Å². The lowest BCUT2D eigenvalue weighted by molar-refractivity contribution is 0.104. The Morgan fingerprint density at radius 1 is 0.960 bits per heavy atom. The van der Waals surface area contributed by atoms with E-state index in [9.17, 15) is 4.79 Å². The number of nitrogens with zero attached hydrogens (tertiary/aromatic N) is 2. The van der Waals surface area contributed by atoms with Crippen LogP contribution in [0.25, 0.3) is 17.1 Å². The molecule has 0 radical (unpaired) electrons. The molecule has 0 bridgehead atoms. The highest BCUT2D eigenvalue weighted by Gasteiger charge is 2.11. The van der Waals surface area contributed by atoms with Crippen molar-refractivity contribution in [2.75, 3.05) is 14.2 Å². The van der Waals surface area contributed by atoms with Gasteiger partial charge in [0.2, 0.25) is 5.78 Å². The molecule has 3 aromatic rings. The van der Waals surface area contributed by atoms with Gasteiger partial charge in [-0.1, -0.05) is 24.3 Å². The monoisotopic (exact) mass is 334 g/mol. The number of para-hydroxylation sites is 2. The average Bonchev–Trinajstić information content (AvgIpc) is 2.65. The normalized spacial score (nSPS) is 11.0. The fourth-order valence-electron chi connectivity index (χ4n) is 2.53. The van der Waals surface area contributed by atoms with Crippen LogP contribution >= 0.6 is 0 Å². The van der Waals surface area contributed by atoms with Gasteiger partial charge in [0, 0.05) is 0 Å². The van der Waals surface area contributed by atoms with Crippen LogP contribution in [0, 0.1) is 6.92 Å². The Morgan fingerprint density at radius 2 is 1.64 bits per heavy atom. The van der Waals surface area contributed by atoms with Gasteiger partial charge in [0.15, 0.2) is 11.5 Å². The molecule has 0 atom stereocenters. The van der Waals surface area contributed by atoms with E-state index in [0.717, 1.165) is 11.1 Å². The summed E-state index contributed by atoms with van der Waals surface area (Å²) in [7, 11) is 3.16. The van der Waals surface area contributed by atoms with Gasteiger partial charge in [-0.05, 0) is 42.8 Å². The number of hydrogen-bond acceptors (Lipinski definition) is 5. The molecule has 0 spiro atoms. The number of ketones is 1. The minimum atomic E-state index is -0.189. The van der Waals surface area contributed by atoms with E-state index in [2.05, 4.69) is 9.97 Å². The van der Waals surface area contributed by atoms with Crippen molar-refractivity contribution in [3.05, 3.63) is 65.5 Å². The second-order valence-corrected chi connectivity index (χ2v) is 5.46. The van der Waals surface area contributed by atoms with Crippen molar-refractivity contribution in [1.82, 2.24) is 9.97 Å². The molecule has 2 aromatic carbocycles. The number of methoxy groups -OCH3 is 2. The molecule has 0 unspecified atom stereocenters. The van der Waals surface area contributed by atoms with E-state index in [0.29, 0.717) is 28.4 Å². The van der Waals surface area contributed by atoms with Crippen molar-refractivity contribution in [1.29, 1.82) is 0 Å². The zero-order valence-corrected chi connectivity index (χ0v) is 14.3. The Balaban J connectivity index is 1.89. The lowest BCUT2D eigenvalue weighted by Gasteiger charge is -2.07. The van der Waals surface area contributed by atoms with Crippen LogP contribution in [0.2, 0.25) is 0 Å². The molecule has 0 aliphatic heterocycles. The summed E-state index contributed by atoms with van der Waals surface area (Å²) in [5, 5.41) is 0. The topological polar surface area (TPSA) is 61.3 Å². The second kappa shape index (κ2) is 7.13. The number of allylic oxidation sites excluding steroid dienone is 1. The molecule has 0 saturated carbocycles. The van der Waals surface area contributed by atoms with Gasteiger partial charge in [-0.3, -0.25) is 4.79 Å². The van der Waals surface area contributed by atoms with Gasteiger partial charge in [-0.2, -0.15) is 0 Å². The molecule has 0 fully saturated rings. The number of rotatable bonds is 5. The number of hydrogen-bond donors (Lipinski definition) is 0. The largest absolute Gasteiger partial charge is 0.493 e. The number of aryl methyl sites for hydroxylation is 1. The predicted molar refractivity (Wildman–Crippen MR) is 97.2 cm³/mol. The first kappa shape index (κ1) is 16.6. The van der Waals surface area contributed by atoms with E-state index in [1.54, 1.807) is 33.3 Å². The van der Waals surface area contributed by atoms with Gasteiger partial charge < -0.3 is 9.47 Å². The van der Waals surface area contributed by atoms with Gasteiger partial charge >= 0.3 is 0 Å². The maximum atomic E-state index is 12.5. The standard InChI is InChI=1S/C20H18N2O3/c1-13-20(22-16-7-5-4-6-15(16)21-13)17(23)10-8-14-9-11-18(24-2)19(12-14)25-3/h4-12H,1-3H3/b10-8+. The molecule has 0 aliphatic carbocycles. The second-order valence-electron chi connectivity index (χ2n) is 5.46. The van der Waals surface area contributed by atoms with E-state index in [1.807, 2.05) is 36.4 Å². The zero-order valence-electron chi connectivity index (χ0n) is 14.3. The Labute approximate surface area is 145 Å². The molecule has 5 heteroatoms. The van der Waals surface area contributed by atoms with Crippen LogP contribution in [-0.4, -0.2) is 30.0 Å². The summed E-state index contributed by atoms with van der Waals surface area (Å²) in [4.78, 5) is 21.4. The van der Waals surface area contributed by atoms with Crippen molar-refractivity contribution in [2.45, 2.75) is 6.92 Å². The van der Waals surface area contributed by atoms with E-state index in [-0.39, 0.29) is 5.78 Å². The molecule has 25 heavy (non-hydrogen) atoms. The molecule has 0 amide bonds.